The SMILES string of the molecule is Cc1ccc([N+](=O)[O-])c(S(=O)(=O)Nc2nc3cccc(Br)n3n2)c1C. The highest BCUT2D eigenvalue weighted by atomic mass is 79.9. The number of aromatic nitrogens is 3. The fourth-order valence-electron chi connectivity index (χ4n) is 2.35. The number of nitrogens with one attached hydrogen (secondary N) is 1. The van der Waals surface area contributed by atoms with Crippen LogP contribution in [0.2, 0.25) is 0 Å². The average Bonchev–Trinajstić information content (AvgIpc) is 2.92. The van der Waals surface area contributed by atoms with Crippen LogP contribution in [-0.2, 0) is 10.0 Å². The molecule has 0 unspecified atom stereocenters. The van der Waals surface area contributed by atoms with Crippen LogP contribution in [0.3, 0.4) is 0 Å². The number of benzene rings is 1. The molecule has 0 saturated heterocycles. The summed E-state index contributed by atoms with van der Waals surface area (Å²) in [5, 5.41) is 15.3. The lowest BCUT2D eigenvalue weighted by atomic mass is 10.1. The van der Waals surface area contributed by atoms with Crippen molar-refractivity contribution in [3.63, 3.8) is 0 Å². The fourth-order valence-corrected chi connectivity index (χ4v) is 4.17. The molecule has 0 aliphatic rings. The van der Waals surface area contributed by atoms with E-state index < -0.39 is 25.5 Å². The molecule has 0 radical (unpaired) electrons. The van der Waals surface area contributed by atoms with Crippen molar-refractivity contribution in [1.29, 1.82) is 0 Å². The van der Waals surface area contributed by atoms with Gasteiger partial charge >= 0.3 is 0 Å². The number of nitro groups is 1. The summed E-state index contributed by atoms with van der Waals surface area (Å²) in [6.45, 7) is 3.20. The van der Waals surface area contributed by atoms with E-state index in [1.807, 2.05) is 0 Å². The summed E-state index contributed by atoms with van der Waals surface area (Å²) in [6, 6.07) is 7.77. The molecule has 2 heterocycles. The number of fused-ring (bicyclic) bond motifs is 1. The first-order chi connectivity index (χ1) is 11.7. The summed E-state index contributed by atoms with van der Waals surface area (Å²) < 4.78 is 29.7. The number of hydrogen-bond acceptors (Lipinski definition) is 6. The number of nitro benzene ring substituents is 1. The van der Waals surface area contributed by atoms with Gasteiger partial charge in [0, 0.05) is 6.07 Å². The molecule has 0 saturated carbocycles. The lowest BCUT2D eigenvalue weighted by Gasteiger charge is -2.10. The fraction of sp³-hybridized carbons (Fsp3) is 0.143. The van der Waals surface area contributed by atoms with E-state index in [1.165, 1.54) is 23.6 Å². The molecule has 25 heavy (non-hydrogen) atoms. The zero-order valence-electron chi connectivity index (χ0n) is 13.1. The number of sulfonamides is 1. The first-order valence-electron chi connectivity index (χ1n) is 6.99. The molecule has 3 rings (SSSR count). The third-order valence-electron chi connectivity index (χ3n) is 3.66. The van der Waals surface area contributed by atoms with Gasteiger partial charge in [-0.25, -0.2) is 17.7 Å². The number of halogens is 1. The van der Waals surface area contributed by atoms with Crippen LogP contribution < -0.4 is 4.72 Å². The van der Waals surface area contributed by atoms with E-state index in [0.717, 1.165) is 0 Å². The van der Waals surface area contributed by atoms with Crippen molar-refractivity contribution in [2.24, 2.45) is 0 Å². The van der Waals surface area contributed by atoms with Crippen molar-refractivity contribution in [1.82, 2.24) is 14.6 Å². The van der Waals surface area contributed by atoms with E-state index in [0.29, 0.717) is 21.4 Å². The molecule has 0 amide bonds. The minimum absolute atomic E-state index is 0.179. The van der Waals surface area contributed by atoms with Gasteiger partial charge in [-0.1, -0.05) is 12.1 Å². The number of anilines is 1. The second kappa shape index (κ2) is 6.08. The zero-order chi connectivity index (χ0) is 18.4. The van der Waals surface area contributed by atoms with Gasteiger partial charge in [-0.05, 0) is 53.0 Å². The maximum atomic E-state index is 12.7. The monoisotopic (exact) mass is 425 g/mol. The van der Waals surface area contributed by atoms with E-state index in [1.54, 1.807) is 25.1 Å². The maximum absolute atomic E-state index is 12.7. The highest BCUT2D eigenvalue weighted by Gasteiger charge is 2.30. The number of aryl methyl sites for hydroxylation is 1. The Morgan fingerprint density at radius 2 is 1.96 bits per heavy atom. The molecule has 130 valence electrons. The van der Waals surface area contributed by atoms with Gasteiger partial charge in [0.25, 0.3) is 21.7 Å². The molecule has 0 fully saturated rings. The van der Waals surface area contributed by atoms with Gasteiger partial charge in [0.05, 0.1) is 4.92 Å². The molecule has 11 heteroatoms. The van der Waals surface area contributed by atoms with Crippen molar-refractivity contribution < 1.29 is 13.3 Å². The highest BCUT2D eigenvalue weighted by molar-refractivity contribution is 9.10. The van der Waals surface area contributed by atoms with Crippen LogP contribution in [0.25, 0.3) is 5.65 Å². The molecular weight excluding hydrogens is 414 g/mol. The van der Waals surface area contributed by atoms with Gasteiger partial charge in [0.2, 0.25) is 0 Å². The first-order valence-corrected chi connectivity index (χ1v) is 9.27. The molecular formula is C14H12BrN5O4S. The van der Waals surface area contributed by atoms with Crippen LogP contribution in [0.4, 0.5) is 11.6 Å². The van der Waals surface area contributed by atoms with Gasteiger partial charge in [0.1, 0.15) is 4.60 Å². The van der Waals surface area contributed by atoms with Crippen LogP contribution in [0.1, 0.15) is 11.1 Å². The van der Waals surface area contributed by atoms with Crippen LogP contribution in [0.15, 0.2) is 39.8 Å². The smallest absolute Gasteiger partial charge is 0.258 e. The van der Waals surface area contributed by atoms with Gasteiger partial charge in [-0.3, -0.25) is 10.1 Å². The lowest BCUT2D eigenvalue weighted by molar-refractivity contribution is -0.387. The Labute approximate surface area is 151 Å². The molecule has 1 N–H and O–H groups in total. The lowest BCUT2D eigenvalue weighted by Crippen LogP contribution is -2.17. The summed E-state index contributed by atoms with van der Waals surface area (Å²) >= 11 is 3.28. The summed E-state index contributed by atoms with van der Waals surface area (Å²) in [7, 11) is -4.25. The van der Waals surface area contributed by atoms with Gasteiger partial charge < -0.3 is 0 Å². The molecule has 9 nitrogen and oxygen atoms in total. The summed E-state index contributed by atoms with van der Waals surface area (Å²) in [5.74, 6) is -0.179. The second-order valence-corrected chi connectivity index (χ2v) is 7.70. The average molecular weight is 426 g/mol. The summed E-state index contributed by atoms with van der Waals surface area (Å²) in [6.07, 6.45) is 0. The molecule has 3 aromatic rings. The van der Waals surface area contributed by atoms with Crippen molar-refractivity contribution in [2.45, 2.75) is 18.7 Å². The molecule has 0 aliphatic heterocycles. The topological polar surface area (TPSA) is 120 Å². The van der Waals surface area contributed by atoms with E-state index in [2.05, 4.69) is 30.7 Å². The Bertz CT molecular complexity index is 1110. The molecule has 2 aromatic heterocycles. The first kappa shape index (κ1) is 17.3. The van der Waals surface area contributed by atoms with Crippen molar-refractivity contribution >= 4 is 43.2 Å². The van der Waals surface area contributed by atoms with E-state index in [9.17, 15) is 18.5 Å². The Kier molecular flexibility index (Phi) is 4.21. The Morgan fingerprint density at radius 1 is 1.24 bits per heavy atom. The Hall–Kier alpha value is -2.53. The Morgan fingerprint density at radius 3 is 2.60 bits per heavy atom. The predicted octanol–water partition coefficient (Wildman–Crippen LogP) is 2.82. The standard InChI is InChI=1S/C14H12BrN5O4S/c1-8-6-7-10(20(21)22)13(9(8)2)25(23,24)18-14-16-12-5-3-4-11(15)19(12)17-14/h3-7H,1-2H3,(H,17,18). The quantitative estimate of drug-likeness (QED) is 0.389. The van der Waals surface area contributed by atoms with Gasteiger partial charge in [-0.2, -0.15) is 4.98 Å². The van der Waals surface area contributed by atoms with E-state index in [-0.39, 0.29) is 5.95 Å². The third-order valence-corrected chi connectivity index (χ3v) is 5.76. The third kappa shape index (κ3) is 3.07. The summed E-state index contributed by atoms with van der Waals surface area (Å²) in [4.78, 5) is 14.2. The molecule has 0 spiro atoms. The Balaban J connectivity index is 2.12. The maximum Gasteiger partial charge on any atom is 0.290 e. The summed E-state index contributed by atoms with van der Waals surface area (Å²) in [5.41, 5.74) is 0.839. The minimum atomic E-state index is -4.25. The highest BCUT2D eigenvalue weighted by Crippen LogP contribution is 2.30. The second-order valence-electron chi connectivity index (χ2n) is 5.27. The number of rotatable bonds is 4. The zero-order valence-corrected chi connectivity index (χ0v) is 15.5. The molecule has 0 aliphatic carbocycles. The van der Waals surface area contributed by atoms with E-state index >= 15 is 0 Å². The van der Waals surface area contributed by atoms with Crippen LogP contribution in [0, 0.1) is 24.0 Å². The van der Waals surface area contributed by atoms with Gasteiger partial charge in [-0.15, -0.1) is 5.10 Å². The van der Waals surface area contributed by atoms with E-state index in [4.69, 9.17) is 0 Å². The van der Waals surface area contributed by atoms with Crippen LogP contribution in [0.5, 0.6) is 0 Å². The normalized spacial score (nSPS) is 11.6. The number of nitrogens with zero attached hydrogens (tertiary/aromatic N) is 4. The number of pyridine rings is 1. The van der Waals surface area contributed by atoms with Gasteiger partial charge in [0.15, 0.2) is 10.5 Å². The minimum Gasteiger partial charge on any atom is -0.258 e. The predicted molar refractivity (Wildman–Crippen MR) is 94.1 cm³/mol. The van der Waals surface area contributed by atoms with Crippen molar-refractivity contribution in [2.75, 3.05) is 4.72 Å². The van der Waals surface area contributed by atoms with Crippen LogP contribution >= 0.6 is 15.9 Å². The largest absolute Gasteiger partial charge is 0.290 e. The number of hydrogen-bond donors (Lipinski definition) is 1. The molecule has 1 aromatic carbocycles. The van der Waals surface area contributed by atoms with Crippen molar-refractivity contribution in [3.8, 4) is 0 Å². The van der Waals surface area contributed by atoms with Crippen LogP contribution in [-0.4, -0.2) is 27.9 Å². The van der Waals surface area contributed by atoms with Crippen molar-refractivity contribution in [3.05, 3.63) is 56.2 Å². The molecule has 0 atom stereocenters. The molecule has 0 bridgehead atoms.